The fourth-order valence-corrected chi connectivity index (χ4v) is 1.70. The first-order valence-corrected chi connectivity index (χ1v) is 4.36. The molecule has 0 spiro atoms. The van der Waals surface area contributed by atoms with Crippen molar-refractivity contribution < 1.29 is 4.79 Å². The number of fused-ring (bicyclic) bond motifs is 3. The van der Waals surface area contributed by atoms with Gasteiger partial charge in [0.2, 0.25) is 0 Å². The highest BCUT2D eigenvalue weighted by molar-refractivity contribution is 6.01. The zero-order valence-electron chi connectivity index (χ0n) is 7.32. The van der Waals surface area contributed by atoms with Crippen LogP contribution in [0.1, 0.15) is 11.3 Å². The molecule has 3 rings (SSSR count). The first-order valence-electron chi connectivity index (χ1n) is 4.36. The van der Waals surface area contributed by atoms with Crippen LogP contribution in [-0.2, 0) is 11.2 Å². The van der Waals surface area contributed by atoms with Crippen LogP contribution in [0.3, 0.4) is 0 Å². The summed E-state index contributed by atoms with van der Waals surface area (Å²) < 4.78 is 0. The van der Waals surface area contributed by atoms with E-state index in [1.54, 1.807) is 24.7 Å². The Kier molecular flexibility index (Phi) is 1.33. The van der Waals surface area contributed by atoms with E-state index in [4.69, 9.17) is 0 Å². The van der Waals surface area contributed by atoms with E-state index < -0.39 is 0 Å². The molecule has 0 saturated carbocycles. The Morgan fingerprint density at radius 1 is 1.29 bits per heavy atom. The van der Waals surface area contributed by atoms with Gasteiger partial charge in [-0.25, -0.2) is 4.98 Å². The van der Waals surface area contributed by atoms with Gasteiger partial charge < -0.3 is 4.98 Å². The van der Waals surface area contributed by atoms with Gasteiger partial charge in [0.05, 0.1) is 29.3 Å². The fraction of sp³-hybridized carbons (Fsp3) is 0.100. The minimum atomic E-state index is 0.106. The first-order chi connectivity index (χ1) is 6.84. The lowest BCUT2D eigenvalue weighted by Crippen LogP contribution is -2.07. The molecule has 0 amide bonds. The lowest BCUT2D eigenvalue weighted by atomic mass is 10.0. The van der Waals surface area contributed by atoms with Crippen molar-refractivity contribution in [3.05, 3.63) is 29.9 Å². The van der Waals surface area contributed by atoms with Gasteiger partial charge in [-0.15, -0.1) is 0 Å². The van der Waals surface area contributed by atoms with Crippen LogP contribution < -0.4 is 0 Å². The lowest BCUT2D eigenvalue weighted by Gasteiger charge is -2.08. The zero-order chi connectivity index (χ0) is 9.54. The molecular formula is C10H7N3O. The second kappa shape index (κ2) is 2.51. The summed E-state index contributed by atoms with van der Waals surface area (Å²) in [5.41, 5.74) is 3.51. The van der Waals surface area contributed by atoms with E-state index in [0.717, 1.165) is 22.3 Å². The fourth-order valence-electron chi connectivity index (χ4n) is 1.70. The monoisotopic (exact) mass is 185 g/mol. The van der Waals surface area contributed by atoms with Crippen LogP contribution in [0, 0.1) is 0 Å². The molecule has 14 heavy (non-hydrogen) atoms. The number of hydrogen-bond donors (Lipinski definition) is 1. The molecule has 0 radical (unpaired) electrons. The zero-order valence-corrected chi connectivity index (χ0v) is 7.32. The summed E-state index contributed by atoms with van der Waals surface area (Å²) in [5.74, 6) is 0.106. The maximum Gasteiger partial charge on any atom is 0.160 e. The predicted octanol–water partition coefficient (Wildman–Crippen LogP) is 1.10. The van der Waals surface area contributed by atoms with Crippen LogP contribution in [0.15, 0.2) is 18.6 Å². The van der Waals surface area contributed by atoms with Crippen molar-refractivity contribution in [1.82, 2.24) is 15.0 Å². The summed E-state index contributed by atoms with van der Waals surface area (Å²) >= 11 is 0. The molecule has 68 valence electrons. The van der Waals surface area contributed by atoms with Gasteiger partial charge in [0.25, 0.3) is 0 Å². The number of ketones is 1. The van der Waals surface area contributed by atoms with Gasteiger partial charge in [-0.2, -0.15) is 0 Å². The molecular weight excluding hydrogens is 178 g/mol. The van der Waals surface area contributed by atoms with Crippen LogP contribution >= 0.6 is 0 Å². The molecule has 0 aliphatic heterocycles. The van der Waals surface area contributed by atoms with E-state index in [1.165, 1.54) is 0 Å². The average molecular weight is 185 g/mol. The van der Waals surface area contributed by atoms with E-state index >= 15 is 0 Å². The van der Waals surface area contributed by atoms with E-state index in [-0.39, 0.29) is 5.78 Å². The lowest BCUT2D eigenvalue weighted by molar-refractivity contribution is -0.114. The number of aromatic nitrogens is 3. The van der Waals surface area contributed by atoms with Crippen molar-refractivity contribution in [2.75, 3.05) is 0 Å². The standard InChI is InChI=1S/C10H7N3O/c14-6-1-2-8-7(3-6)10-9(4-11-8)12-5-13-10/h1-2,4-5H,3H2,(H,12,13). The molecule has 0 aromatic carbocycles. The van der Waals surface area contributed by atoms with Crippen molar-refractivity contribution in [2.45, 2.75) is 6.42 Å². The Labute approximate surface area is 79.7 Å². The second-order valence-corrected chi connectivity index (χ2v) is 3.26. The summed E-state index contributed by atoms with van der Waals surface area (Å²) in [6.07, 6.45) is 7.07. The summed E-state index contributed by atoms with van der Waals surface area (Å²) in [6, 6.07) is 0. The Hall–Kier alpha value is -1.97. The topological polar surface area (TPSA) is 58.6 Å². The maximum absolute atomic E-state index is 11.2. The Morgan fingerprint density at radius 3 is 3.14 bits per heavy atom. The normalized spacial score (nSPS) is 14.7. The molecule has 0 atom stereocenters. The molecule has 1 aliphatic carbocycles. The highest BCUT2D eigenvalue weighted by Gasteiger charge is 2.15. The minimum Gasteiger partial charge on any atom is -0.343 e. The molecule has 0 saturated heterocycles. The van der Waals surface area contributed by atoms with E-state index in [2.05, 4.69) is 15.0 Å². The van der Waals surface area contributed by atoms with Crippen LogP contribution in [0.25, 0.3) is 17.1 Å². The summed E-state index contributed by atoms with van der Waals surface area (Å²) in [4.78, 5) is 22.6. The molecule has 2 aromatic rings. The maximum atomic E-state index is 11.2. The van der Waals surface area contributed by atoms with Crippen LogP contribution in [-0.4, -0.2) is 20.7 Å². The minimum absolute atomic E-state index is 0.106. The third kappa shape index (κ3) is 0.907. The number of rotatable bonds is 0. The third-order valence-electron chi connectivity index (χ3n) is 2.37. The number of aromatic amines is 1. The molecule has 4 heteroatoms. The summed E-state index contributed by atoms with van der Waals surface area (Å²) in [6.45, 7) is 0. The highest BCUT2D eigenvalue weighted by Crippen LogP contribution is 2.22. The predicted molar refractivity (Wildman–Crippen MR) is 51.6 cm³/mol. The van der Waals surface area contributed by atoms with Crippen molar-refractivity contribution in [3.63, 3.8) is 0 Å². The number of nitrogens with one attached hydrogen (secondary N) is 1. The van der Waals surface area contributed by atoms with Crippen LogP contribution in [0.2, 0.25) is 0 Å². The van der Waals surface area contributed by atoms with Crippen molar-refractivity contribution in [2.24, 2.45) is 0 Å². The number of carbonyl (C=O) groups is 1. The first kappa shape index (κ1) is 7.44. The second-order valence-electron chi connectivity index (χ2n) is 3.26. The van der Waals surface area contributed by atoms with Crippen molar-refractivity contribution >= 4 is 22.9 Å². The summed E-state index contributed by atoms with van der Waals surface area (Å²) in [5, 5.41) is 0. The highest BCUT2D eigenvalue weighted by atomic mass is 16.1. The summed E-state index contributed by atoms with van der Waals surface area (Å²) in [7, 11) is 0. The quantitative estimate of drug-likeness (QED) is 0.668. The number of imidazole rings is 1. The molecule has 1 N–H and O–H groups in total. The van der Waals surface area contributed by atoms with Gasteiger partial charge in [0.1, 0.15) is 0 Å². The van der Waals surface area contributed by atoms with Gasteiger partial charge in [0, 0.05) is 12.0 Å². The van der Waals surface area contributed by atoms with Crippen molar-refractivity contribution in [1.29, 1.82) is 0 Å². The smallest absolute Gasteiger partial charge is 0.160 e. The molecule has 0 unspecified atom stereocenters. The van der Waals surface area contributed by atoms with Gasteiger partial charge >= 0.3 is 0 Å². The molecule has 1 aliphatic rings. The Bertz CT molecular complexity index is 553. The van der Waals surface area contributed by atoms with Gasteiger partial charge in [-0.3, -0.25) is 9.78 Å². The van der Waals surface area contributed by atoms with Gasteiger partial charge in [0.15, 0.2) is 5.78 Å². The van der Waals surface area contributed by atoms with Gasteiger partial charge in [-0.1, -0.05) is 0 Å². The van der Waals surface area contributed by atoms with Crippen LogP contribution in [0.5, 0.6) is 0 Å². The number of pyridine rings is 1. The Morgan fingerprint density at radius 2 is 2.21 bits per heavy atom. The van der Waals surface area contributed by atoms with E-state index in [1.807, 2.05) is 0 Å². The number of hydrogen-bond acceptors (Lipinski definition) is 3. The van der Waals surface area contributed by atoms with Crippen molar-refractivity contribution in [3.8, 4) is 0 Å². The molecule has 2 heterocycles. The number of H-pyrrole nitrogens is 1. The average Bonchev–Trinajstić information content (AvgIpc) is 2.65. The molecule has 4 nitrogen and oxygen atoms in total. The Balaban J connectivity index is 2.39. The van der Waals surface area contributed by atoms with Crippen LogP contribution in [0.4, 0.5) is 0 Å². The molecule has 0 bridgehead atoms. The van der Waals surface area contributed by atoms with E-state index in [0.29, 0.717) is 6.42 Å². The SMILES string of the molecule is O=C1C=Cc2ncc3[nH]cnc3c2C1. The molecule has 2 aromatic heterocycles. The van der Waals surface area contributed by atoms with Gasteiger partial charge in [-0.05, 0) is 12.2 Å². The molecule has 0 fully saturated rings. The number of allylic oxidation sites excluding steroid dienone is 1. The van der Waals surface area contributed by atoms with E-state index in [9.17, 15) is 4.79 Å². The number of carbonyl (C=O) groups excluding carboxylic acids is 1. The largest absolute Gasteiger partial charge is 0.343 e. The number of nitrogens with zero attached hydrogens (tertiary/aromatic N) is 2. The third-order valence-corrected chi connectivity index (χ3v) is 2.37.